The van der Waals surface area contributed by atoms with E-state index < -0.39 is 23.6 Å². The van der Waals surface area contributed by atoms with E-state index in [2.05, 4.69) is 30.7 Å². The number of nitrogens with two attached hydrogens (primary N) is 1. The number of primary amides is 1. The van der Waals surface area contributed by atoms with E-state index in [0.717, 1.165) is 58.4 Å². The van der Waals surface area contributed by atoms with Gasteiger partial charge < -0.3 is 35.6 Å². The Labute approximate surface area is 335 Å². The molecule has 8 rings (SSSR count). The lowest BCUT2D eigenvalue weighted by atomic mass is 9.95. The lowest BCUT2D eigenvalue weighted by molar-refractivity contribution is -0.120. The molecule has 0 spiro atoms. The summed E-state index contributed by atoms with van der Waals surface area (Å²) in [6.07, 6.45) is 3.70. The number of hydrogen-bond donors (Lipinski definition) is 3. The average Bonchev–Trinajstić information content (AvgIpc) is 3.55. The van der Waals surface area contributed by atoms with E-state index in [1.54, 1.807) is 36.2 Å². The van der Waals surface area contributed by atoms with Gasteiger partial charge in [0, 0.05) is 103 Å². The average molecular weight is 802 g/mol. The first-order chi connectivity index (χ1) is 28.0. The van der Waals surface area contributed by atoms with Gasteiger partial charge in [-0.2, -0.15) is 4.98 Å². The highest BCUT2D eigenvalue weighted by molar-refractivity contribution is 6.05. The van der Waals surface area contributed by atoms with Crippen molar-refractivity contribution in [1.29, 1.82) is 0 Å². The zero-order chi connectivity index (χ0) is 40.5. The van der Waals surface area contributed by atoms with Crippen LogP contribution in [-0.4, -0.2) is 145 Å². The largest absolute Gasteiger partial charge is 0.369 e. The highest BCUT2D eigenvalue weighted by atomic mass is 19.1. The number of anilines is 6. The molecule has 5 aliphatic rings. The number of rotatable bonds is 10. The molecule has 5 saturated heterocycles. The number of nitrogens with one attached hydrogen (secondary N) is 2. The molecule has 58 heavy (non-hydrogen) atoms. The second-order valence-electron chi connectivity index (χ2n) is 15.7. The van der Waals surface area contributed by atoms with E-state index in [1.165, 1.54) is 17.0 Å². The Balaban J connectivity index is 0.831. The number of nitrogens with zero attached hydrogens (tertiary/aromatic N) is 10. The van der Waals surface area contributed by atoms with Gasteiger partial charge in [-0.15, -0.1) is 10.2 Å². The number of carbonyl (C=O) groups excluding carboxylic acids is 4. The Morgan fingerprint density at radius 1 is 0.845 bits per heavy atom. The first-order valence-electron chi connectivity index (χ1n) is 20.0. The lowest BCUT2D eigenvalue weighted by Gasteiger charge is -2.40. The van der Waals surface area contributed by atoms with Gasteiger partial charge in [0.15, 0.2) is 11.5 Å². The van der Waals surface area contributed by atoms with Crippen molar-refractivity contribution >= 4 is 58.4 Å². The van der Waals surface area contributed by atoms with Gasteiger partial charge in [-0.1, -0.05) is 0 Å². The monoisotopic (exact) mass is 801 g/mol. The summed E-state index contributed by atoms with van der Waals surface area (Å²) in [7, 11) is 1.79. The number of piperidine rings is 2. The van der Waals surface area contributed by atoms with Crippen molar-refractivity contribution in [3.05, 3.63) is 53.7 Å². The molecule has 5 aliphatic heterocycles. The SMILES string of the molecule is CN1CCN(C2CCCN(c3nnc(C(N)=O)c(Nc4ccc(N5CCN(CC6CCN(c7ccc(N8CCC(=O)NC8=O)cc7F)CC6)CC5)c(F)c4)n3)C2)C1=O. The minimum atomic E-state index is -0.817. The molecule has 0 radical (unpaired) electrons. The summed E-state index contributed by atoms with van der Waals surface area (Å²) in [5.74, 6) is -1.13. The number of hydrogen-bond acceptors (Lipinski definition) is 12. The molecule has 4 N–H and O–H groups in total. The van der Waals surface area contributed by atoms with Crippen LogP contribution in [0.1, 0.15) is 42.6 Å². The minimum absolute atomic E-state index is 0.00128. The number of aromatic nitrogens is 3. The van der Waals surface area contributed by atoms with E-state index in [9.17, 15) is 19.2 Å². The number of amides is 6. The summed E-state index contributed by atoms with van der Waals surface area (Å²) in [6, 6.07) is 9.09. The maximum atomic E-state index is 15.7. The summed E-state index contributed by atoms with van der Waals surface area (Å²) in [5, 5.41) is 13.6. The van der Waals surface area contributed by atoms with E-state index in [4.69, 9.17) is 5.73 Å². The first-order valence-corrected chi connectivity index (χ1v) is 20.0. The minimum Gasteiger partial charge on any atom is -0.369 e. The number of benzene rings is 2. The van der Waals surface area contributed by atoms with Gasteiger partial charge in [0.1, 0.15) is 11.6 Å². The van der Waals surface area contributed by atoms with Crippen molar-refractivity contribution in [1.82, 2.24) is 35.2 Å². The van der Waals surface area contributed by atoms with Gasteiger partial charge in [0.2, 0.25) is 11.9 Å². The zero-order valence-electron chi connectivity index (χ0n) is 32.6. The van der Waals surface area contributed by atoms with Crippen molar-refractivity contribution in [2.45, 2.75) is 38.1 Å². The van der Waals surface area contributed by atoms with Crippen LogP contribution in [0, 0.1) is 17.6 Å². The third-order valence-corrected chi connectivity index (χ3v) is 12.0. The van der Waals surface area contributed by atoms with Gasteiger partial charge in [-0.3, -0.25) is 24.7 Å². The second kappa shape index (κ2) is 16.6. The Hall–Kier alpha value is -5.85. The summed E-state index contributed by atoms with van der Waals surface area (Å²) in [5.41, 5.74) is 7.26. The van der Waals surface area contributed by atoms with E-state index >= 15 is 8.78 Å². The Morgan fingerprint density at radius 2 is 1.57 bits per heavy atom. The Kier molecular flexibility index (Phi) is 11.1. The summed E-state index contributed by atoms with van der Waals surface area (Å²) in [6.45, 7) is 7.98. The van der Waals surface area contributed by atoms with E-state index in [-0.39, 0.29) is 42.5 Å². The predicted molar refractivity (Wildman–Crippen MR) is 213 cm³/mol. The van der Waals surface area contributed by atoms with Crippen molar-refractivity contribution in [2.75, 3.05) is 111 Å². The standard InChI is InChI=1S/C39H49F2N13O4/c1-48-15-20-54(39(48)58)28-3-2-11-52(24-28)37-45-36(34(35(42)56)46-47-37)43-26-4-6-31(29(40)21-26)51-18-16-49(17-19-51)23-25-8-12-50(13-9-25)32-7-5-27(22-30(32)41)53-14-10-33(55)44-38(53)57/h4-7,21-22,25,28H,2-3,8-20,23-24H2,1H3,(H2,42,56)(H,43,45,47)(H,44,55,57). The molecule has 1 atom stereocenters. The quantitative estimate of drug-likeness (QED) is 0.274. The van der Waals surface area contributed by atoms with Gasteiger partial charge >= 0.3 is 12.1 Å². The van der Waals surface area contributed by atoms with Crippen LogP contribution < -0.4 is 36.0 Å². The van der Waals surface area contributed by atoms with Crippen LogP contribution in [0.15, 0.2) is 36.4 Å². The molecule has 5 fully saturated rings. The summed E-state index contributed by atoms with van der Waals surface area (Å²) >= 11 is 0. The zero-order valence-corrected chi connectivity index (χ0v) is 32.6. The van der Waals surface area contributed by atoms with Crippen LogP contribution >= 0.6 is 0 Å². The maximum Gasteiger partial charge on any atom is 0.328 e. The molecule has 6 heterocycles. The number of imide groups is 1. The number of urea groups is 2. The maximum absolute atomic E-state index is 15.7. The van der Waals surface area contributed by atoms with Crippen LogP contribution in [0.5, 0.6) is 0 Å². The number of carbonyl (C=O) groups is 4. The van der Waals surface area contributed by atoms with Crippen LogP contribution in [0.25, 0.3) is 0 Å². The molecule has 2 aromatic carbocycles. The summed E-state index contributed by atoms with van der Waals surface area (Å²) in [4.78, 5) is 66.6. The lowest BCUT2D eigenvalue weighted by Crippen LogP contribution is -2.49. The third kappa shape index (κ3) is 8.25. The molecule has 0 saturated carbocycles. The summed E-state index contributed by atoms with van der Waals surface area (Å²) < 4.78 is 30.9. The number of piperazine rings is 1. The van der Waals surface area contributed by atoms with Crippen molar-refractivity contribution in [2.24, 2.45) is 11.7 Å². The molecular formula is C39H49F2N13O4. The molecule has 1 aromatic heterocycles. The van der Waals surface area contributed by atoms with Gasteiger partial charge in [0.25, 0.3) is 5.91 Å². The highest BCUT2D eigenvalue weighted by Gasteiger charge is 2.35. The van der Waals surface area contributed by atoms with Gasteiger partial charge in [-0.25, -0.2) is 18.4 Å². The van der Waals surface area contributed by atoms with Gasteiger partial charge in [-0.05, 0) is 68.0 Å². The van der Waals surface area contributed by atoms with Crippen molar-refractivity contribution in [3.63, 3.8) is 0 Å². The van der Waals surface area contributed by atoms with Gasteiger partial charge in [0.05, 0.1) is 17.4 Å². The molecule has 0 bridgehead atoms. The Morgan fingerprint density at radius 3 is 2.24 bits per heavy atom. The molecule has 1 unspecified atom stereocenters. The molecular weight excluding hydrogens is 753 g/mol. The topological polar surface area (TPSA) is 180 Å². The fraction of sp³-hybridized carbons (Fsp3) is 0.513. The molecule has 19 heteroatoms. The van der Waals surface area contributed by atoms with Crippen LogP contribution in [0.3, 0.4) is 0 Å². The predicted octanol–water partition coefficient (Wildman–Crippen LogP) is 2.81. The van der Waals surface area contributed by atoms with Crippen LogP contribution in [0.2, 0.25) is 0 Å². The normalized spacial score (nSPS) is 21.2. The van der Waals surface area contributed by atoms with Crippen molar-refractivity contribution < 1.29 is 28.0 Å². The van der Waals surface area contributed by atoms with E-state index in [1.807, 2.05) is 19.6 Å². The third-order valence-electron chi connectivity index (χ3n) is 12.0. The smallest absolute Gasteiger partial charge is 0.328 e. The van der Waals surface area contributed by atoms with E-state index in [0.29, 0.717) is 73.9 Å². The molecule has 6 amide bonds. The highest BCUT2D eigenvalue weighted by Crippen LogP contribution is 2.32. The van der Waals surface area contributed by atoms with Crippen molar-refractivity contribution in [3.8, 4) is 0 Å². The second-order valence-corrected chi connectivity index (χ2v) is 15.7. The van der Waals surface area contributed by atoms with Crippen LogP contribution in [0.4, 0.5) is 52.9 Å². The Bertz CT molecular complexity index is 2060. The fourth-order valence-electron chi connectivity index (χ4n) is 8.70. The molecule has 308 valence electrons. The fourth-order valence-corrected chi connectivity index (χ4v) is 8.70. The number of likely N-dealkylation sites (N-methyl/N-ethyl adjacent to an activating group) is 1. The molecule has 3 aromatic rings. The first kappa shape index (κ1) is 39.0. The molecule has 17 nitrogen and oxygen atoms in total. The number of halogens is 2. The van der Waals surface area contributed by atoms with Crippen LogP contribution in [-0.2, 0) is 4.79 Å². The molecule has 0 aliphatic carbocycles.